The van der Waals surface area contributed by atoms with Gasteiger partial charge in [0, 0.05) is 23.2 Å². The molecule has 4 rings (SSSR count). The number of benzene rings is 2. The van der Waals surface area contributed by atoms with Gasteiger partial charge in [-0.3, -0.25) is 14.5 Å². The highest BCUT2D eigenvalue weighted by Crippen LogP contribution is 2.45. The number of anilines is 2. The smallest absolute Gasteiger partial charge is 0.326 e. The van der Waals surface area contributed by atoms with Crippen molar-refractivity contribution in [2.45, 2.75) is 25.1 Å². The summed E-state index contributed by atoms with van der Waals surface area (Å²) in [5.41, 5.74) is 2.49. The first kappa shape index (κ1) is 23.6. The lowest BCUT2D eigenvalue weighted by Crippen LogP contribution is -2.43. The number of nitrogens with one attached hydrogen (secondary N) is 1. The van der Waals surface area contributed by atoms with Gasteiger partial charge >= 0.3 is 6.18 Å². The molecule has 2 amide bonds. The number of fused-ring (bicyclic) bond motifs is 3. The molecule has 178 valence electrons. The SMILES string of the molecule is CN(C)CCCC(=O)Nc1ccccc1-c1ccc2c(c1)N(CC(F)(F)F)C(=O)C1=CN=NC12. The topological polar surface area (TPSA) is 77.4 Å². The second-order valence-electron chi connectivity index (χ2n) is 8.50. The van der Waals surface area contributed by atoms with Crippen molar-refractivity contribution in [3.63, 3.8) is 0 Å². The highest BCUT2D eigenvalue weighted by molar-refractivity contribution is 6.10. The van der Waals surface area contributed by atoms with E-state index in [1.54, 1.807) is 42.5 Å². The van der Waals surface area contributed by atoms with Crippen molar-refractivity contribution in [2.75, 3.05) is 37.4 Å². The molecular weight excluding hydrogens is 447 g/mol. The first-order valence-corrected chi connectivity index (χ1v) is 10.8. The van der Waals surface area contributed by atoms with Crippen molar-refractivity contribution in [1.29, 1.82) is 0 Å². The van der Waals surface area contributed by atoms with Crippen LogP contribution in [-0.4, -0.2) is 50.1 Å². The van der Waals surface area contributed by atoms with Gasteiger partial charge in [-0.15, -0.1) is 0 Å². The Labute approximate surface area is 195 Å². The molecule has 0 aliphatic carbocycles. The summed E-state index contributed by atoms with van der Waals surface area (Å²) in [5, 5.41) is 10.7. The summed E-state index contributed by atoms with van der Waals surface area (Å²) in [4.78, 5) is 28.0. The largest absolute Gasteiger partial charge is 0.406 e. The molecule has 34 heavy (non-hydrogen) atoms. The predicted molar refractivity (Wildman–Crippen MR) is 122 cm³/mol. The number of azo groups is 1. The fourth-order valence-corrected chi connectivity index (χ4v) is 4.09. The monoisotopic (exact) mass is 471 g/mol. The molecular formula is C24H24F3N5O2. The van der Waals surface area contributed by atoms with E-state index in [1.165, 1.54) is 6.20 Å². The van der Waals surface area contributed by atoms with Gasteiger partial charge in [-0.2, -0.15) is 23.4 Å². The van der Waals surface area contributed by atoms with E-state index in [0.717, 1.165) is 11.4 Å². The van der Waals surface area contributed by atoms with Gasteiger partial charge < -0.3 is 10.2 Å². The third kappa shape index (κ3) is 5.01. The molecule has 10 heteroatoms. The van der Waals surface area contributed by atoms with Crippen LogP contribution in [0.15, 0.2) is 64.5 Å². The van der Waals surface area contributed by atoms with E-state index in [2.05, 4.69) is 15.5 Å². The van der Waals surface area contributed by atoms with Crippen LogP contribution in [0.5, 0.6) is 0 Å². The van der Waals surface area contributed by atoms with E-state index in [-0.39, 0.29) is 17.2 Å². The van der Waals surface area contributed by atoms with Crippen LogP contribution >= 0.6 is 0 Å². The molecule has 0 spiro atoms. The minimum Gasteiger partial charge on any atom is -0.326 e. The van der Waals surface area contributed by atoms with E-state index in [1.807, 2.05) is 19.0 Å². The van der Waals surface area contributed by atoms with Crippen molar-refractivity contribution >= 4 is 23.2 Å². The number of carbonyl (C=O) groups excluding carboxylic acids is 2. The molecule has 0 saturated carbocycles. The molecule has 0 fully saturated rings. The lowest BCUT2D eigenvalue weighted by Gasteiger charge is -2.33. The summed E-state index contributed by atoms with van der Waals surface area (Å²) < 4.78 is 40.0. The first-order chi connectivity index (χ1) is 16.1. The zero-order chi connectivity index (χ0) is 24.5. The van der Waals surface area contributed by atoms with E-state index in [9.17, 15) is 22.8 Å². The number of hydrogen-bond donors (Lipinski definition) is 1. The van der Waals surface area contributed by atoms with Gasteiger partial charge in [0.25, 0.3) is 5.91 Å². The lowest BCUT2D eigenvalue weighted by atomic mass is 9.90. The number of halogens is 3. The quantitative estimate of drug-likeness (QED) is 0.622. The minimum atomic E-state index is -4.58. The molecule has 1 N–H and O–H groups in total. The highest BCUT2D eigenvalue weighted by Gasteiger charge is 2.43. The van der Waals surface area contributed by atoms with Gasteiger partial charge in [-0.05, 0) is 44.8 Å². The summed E-state index contributed by atoms with van der Waals surface area (Å²) in [5.74, 6) is -0.915. The zero-order valence-electron chi connectivity index (χ0n) is 18.8. The number of amides is 2. The van der Waals surface area contributed by atoms with E-state index in [4.69, 9.17) is 0 Å². The van der Waals surface area contributed by atoms with Crippen molar-refractivity contribution in [2.24, 2.45) is 10.2 Å². The Morgan fingerprint density at radius 3 is 2.68 bits per heavy atom. The van der Waals surface area contributed by atoms with Gasteiger partial charge in [0.1, 0.15) is 12.6 Å². The number of carbonyl (C=O) groups is 2. The fourth-order valence-electron chi connectivity index (χ4n) is 4.09. The second-order valence-corrected chi connectivity index (χ2v) is 8.50. The minimum absolute atomic E-state index is 0.120. The van der Waals surface area contributed by atoms with Crippen LogP contribution in [0.3, 0.4) is 0 Å². The average molecular weight is 471 g/mol. The molecule has 7 nitrogen and oxygen atoms in total. The van der Waals surface area contributed by atoms with E-state index >= 15 is 0 Å². The maximum Gasteiger partial charge on any atom is 0.406 e. The Morgan fingerprint density at radius 2 is 1.94 bits per heavy atom. The summed E-state index contributed by atoms with van der Waals surface area (Å²) >= 11 is 0. The molecule has 2 aromatic rings. The van der Waals surface area contributed by atoms with E-state index < -0.39 is 24.7 Å². The van der Waals surface area contributed by atoms with Gasteiger partial charge in [0.2, 0.25) is 5.91 Å². The zero-order valence-corrected chi connectivity index (χ0v) is 18.8. The lowest BCUT2D eigenvalue weighted by molar-refractivity contribution is -0.130. The van der Waals surface area contributed by atoms with Crippen LogP contribution in [0.4, 0.5) is 24.5 Å². The fraction of sp³-hybridized carbons (Fsp3) is 0.333. The van der Waals surface area contributed by atoms with Crippen LogP contribution in [0, 0.1) is 0 Å². The third-order valence-corrected chi connectivity index (χ3v) is 5.64. The number of rotatable bonds is 7. The molecule has 1 unspecified atom stereocenters. The molecule has 0 radical (unpaired) electrons. The van der Waals surface area contributed by atoms with Crippen molar-refractivity contribution < 1.29 is 22.8 Å². The Morgan fingerprint density at radius 1 is 1.18 bits per heavy atom. The molecule has 0 bridgehead atoms. The molecule has 1 atom stereocenters. The Bertz CT molecular complexity index is 1170. The second kappa shape index (κ2) is 9.38. The average Bonchev–Trinajstić information content (AvgIpc) is 3.26. The maximum atomic E-state index is 13.3. The van der Waals surface area contributed by atoms with Crippen molar-refractivity contribution in [1.82, 2.24) is 4.90 Å². The van der Waals surface area contributed by atoms with E-state index in [0.29, 0.717) is 35.2 Å². The van der Waals surface area contributed by atoms with Gasteiger partial charge in [0.15, 0.2) is 0 Å². The van der Waals surface area contributed by atoms with Crippen molar-refractivity contribution in [3.05, 3.63) is 59.8 Å². The van der Waals surface area contributed by atoms with Crippen LogP contribution in [-0.2, 0) is 9.59 Å². The molecule has 0 saturated heterocycles. The third-order valence-electron chi connectivity index (χ3n) is 5.64. The molecule has 2 aliphatic rings. The number of nitrogens with zero attached hydrogens (tertiary/aromatic N) is 4. The van der Waals surface area contributed by atoms with Crippen LogP contribution in [0.1, 0.15) is 24.4 Å². The van der Waals surface area contributed by atoms with Gasteiger partial charge in [0.05, 0.1) is 17.5 Å². The molecule has 2 heterocycles. The predicted octanol–water partition coefficient (Wildman–Crippen LogP) is 4.93. The number of para-hydroxylation sites is 1. The van der Waals surface area contributed by atoms with Crippen LogP contribution in [0.2, 0.25) is 0 Å². The van der Waals surface area contributed by atoms with Crippen LogP contribution in [0.25, 0.3) is 11.1 Å². The standard InChI is InChI=1S/C24H24F3N5O2/c1-31(2)11-5-8-21(33)29-19-7-4-3-6-16(19)15-9-10-17-20(12-15)32(14-24(25,26)27)23(34)18-13-28-30-22(17)18/h3-4,6-7,9-10,12-13,22H,5,8,11,14H2,1-2H3,(H,29,33). The van der Waals surface area contributed by atoms with Gasteiger partial charge in [-0.1, -0.05) is 30.3 Å². The molecule has 2 aliphatic heterocycles. The van der Waals surface area contributed by atoms with Crippen LogP contribution < -0.4 is 10.2 Å². The van der Waals surface area contributed by atoms with Gasteiger partial charge in [-0.25, -0.2) is 0 Å². The molecule has 2 aromatic carbocycles. The summed E-state index contributed by atoms with van der Waals surface area (Å²) in [6.07, 6.45) is -2.33. The van der Waals surface area contributed by atoms with Crippen molar-refractivity contribution in [3.8, 4) is 11.1 Å². The number of hydrogen-bond acceptors (Lipinski definition) is 5. The Balaban J connectivity index is 1.68. The first-order valence-electron chi connectivity index (χ1n) is 10.8. The molecule has 0 aromatic heterocycles. The maximum absolute atomic E-state index is 13.3. The summed E-state index contributed by atoms with van der Waals surface area (Å²) in [6.45, 7) is -0.644. The normalized spacial score (nSPS) is 17.0. The Kier molecular flexibility index (Phi) is 6.52. The number of alkyl halides is 3. The highest BCUT2D eigenvalue weighted by atomic mass is 19.4. The summed E-state index contributed by atoms with van der Waals surface area (Å²) in [6, 6.07) is 11.3. The Hall–Kier alpha value is -3.53. The summed E-state index contributed by atoms with van der Waals surface area (Å²) in [7, 11) is 3.86.